The molecule has 2 aromatic carbocycles. The molecule has 2 amide bonds. The first-order chi connectivity index (χ1) is 12.2. The third-order valence-electron chi connectivity index (χ3n) is 4.78. The molecular weight excluding hydrogens is 316 g/mol. The van der Waals surface area contributed by atoms with Crippen LogP contribution in [-0.4, -0.2) is 25.0 Å². The Balaban J connectivity index is 1.53. The smallest absolute Gasteiger partial charge is 0.265 e. The Bertz CT molecular complexity index is 831. The minimum Gasteiger partial charge on any atom is -0.482 e. The van der Waals surface area contributed by atoms with Crippen LogP contribution in [0.4, 0.5) is 11.4 Å². The molecule has 1 aliphatic carbocycles. The second-order valence-electron chi connectivity index (χ2n) is 6.43. The Kier molecular flexibility index (Phi) is 4.14. The monoisotopic (exact) mass is 336 g/mol. The number of hydrogen-bond acceptors (Lipinski definition) is 3. The number of aryl methyl sites for hydroxylation is 1. The van der Waals surface area contributed by atoms with Crippen LogP contribution in [0.2, 0.25) is 0 Å². The quantitative estimate of drug-likeness (QED) is 0.937. The van der Waals surface area contributed by atoms with E-state index in [0.29, 0.717) is 11.4 Å². The minimum absolute atomic E-state index is 0.0110. The standard InChI is InChI=1S/C20H20N2O3/c23-19(21-16-9-5-7-14-6-1-2-8-15(14)16)12-22-17-10-3-4-11-18(17)25-13-20(22)24/h3-5,7,9-11H,1-2,6,8,12-13H2,(H,21,23). The number of anilines is 2. The minimum atomic E-state index is -0.205. The van der Waals surface area contributed by atoms with E-state index in [2.05, 4.69) is 11.4 Å². The first kappa shape index (κ1) is 15.7. The van der Waals surface area contributed by atoms with Gasteiger partial charge in [0, 0.05) is 5.69 Å². The zero-order chi connectivity index (χ0) is 17.2. The van der Waals surface area contributed by atoms with Crippen LogP contribution in [-0.2, 0) is 22.4 Å². The lowest BCUT2D eigenvalue weighted by Gasteiger charge is -2.29. The van der Waals surface area contributed by atoms with Crippen molar-refractivity contribution in [3.05, 3.63) is 53.6 Å². The van der Waals surface area contributed by atoms with Crippen LogP contribution in [0.1, 0.15) is 24.0 Å². The van der Waals surface area contributed by atoms with Gasteiger partial charge in [0.1, 0.15) is 12.3 Å². The SMILES string of the molecule is O=C(CN1C(=O)COc2ccccc21)Nc1cccc2c1CCCC2. The Morgan fingerprint density at radius 3 is 2.84 bits per heavy atom. The number of fused-ring (bicyclic) bond motifs is 2. The summed E-state index contributed by atoms with van der Waals surface area (Å²) < 4.78 is 5.42. The van der Waals surface area contributed by atoms with Gasteiger partial charge in [0.05, 0.1) is 5.69 Å². The van der Waals surface area contributed by atoms with Gasteiger partial charge >= 0.3 is 0 Å². The van der Waals surface area contributed by atoms with E-state index in [1.54, 1.807) is 12.1 Å². The highest BCUT2D eigenvalue weighted by molar-refractivity contribution is 6.05. The second-order valence-corrected chi connectivity index (χ2v) is 6.43. The van der Waals surface area contributed by atoms with Crippen molar-refractivity contribution in [2.45, 2.75) is 25.7 Å². The normalized spacial score (nSPS) is 15.8. The molecule has 1 heterocycles. The van der Waals surface area contributed by atoms with E-state index in [4.69, 9.17) is 4.74 Å². The Morgan fingerprint density at radius 1 is 1.08 bits per heavy atom. The van der Waals surface area contributed by atoms with Crippen LogP contribution in [0.3, 0.4) is 0 Å². The highest BCUT2D eigenvalue weighted by Crippen LogP contribution is 2.32. The zero-order valence-electron chi connectivity index (χ0n) is 14.0. The van der Waals surface area contributed by atoms with Crippen LogP contribution in [0.25, 0.3) is 0 Å². The maximum Gasteiger partial charge on any atom is 0.265 e. The number of para-hydroxylation sites is 2. The van der Waals surface area contributed by atoms with E-state index < -0.39 is 0 Å². The van der Waals surface area contributed by atoms with Gasteiger partial charge in [-0.25, -0.2) is 0 Å². The van der Waals surface area contributed by atoms with Crippen LogP contribution in [0.15, 0.2) is 42.5 Å². The largest absolute Gasteiger partial charge is 0.482 e. The topological polar surface area (TPSA) is 58.6 Å². The van der Waals surface area contributed by atoms with Crippen LogP contribution >= 0.6 is 0 Å². The van der Waals surface area contributed by atoms with Crippen molar-refractivity contribution < 1.29 is 14.3 Å². The average molecular weight is 336 g/mol. The molecule has 0 saturated heterocycles. The first-order valence-corrected chi connectivity index (χ1v) is 8.65. The lowest BCUT2D eigenvalue weighted by Crippen LogP contribution is -2.43. The predicted octanol–water partition coefficient (Wildman–Crippen LogP) is 2.93. The Morgan fingerprint density at radius 2 is 1.92 bits per heavy atom. The van der Waals surface area contributed by atoms with Crippen molar-refractivity contribution in [3.8, 4) is 5.75 Å². The fourth-order valence-electron chi connectivity index (χ4n) is 3.56. The van der Waals surface area contributed by atoms with Gasteiger partial charge in [-0.05, 0) is 55.0 Å². The summed E-state index contributed by atoms with van der Waals surface area (Å²) in [5.41, 5.74) is 4.06. The maximum atomic E-state index is 12.6. The molecule has 1 aliphatic heterocycles. The molecule has 0 saturated carbocycles. The van der Waals surface area contributed by atoms with E-state index in [1.807, 2.05) is 24.3 Å². The van der Waals surface area contributed by atoms with Gasteiger partial charge in [-0.1, -0.05) is 24.3 Å². The van der Waals surface area contributed by atoms with Crippen molar-refractivity contribution in [1.29, 1.82) is 0 Å². The fourth-order valence-corrected chi connectivity index (χ4v) is 3.56. The molecule has 128 valence electrons. The first-order valence-electron chi connectivity index (χ1n) is 8.65. The summed E-state index contributed by atoms with van der Waals surface area (Å²) in [6.07, 6.45) is 4.40. The molecule has 0 bridgehead atoms. The van der Waals surface area contributed by atoms with Gasteiger partial charge in [-0.3, -0.25) is 14.5 Å². The summed E-state index contributed by atoms with van der Waals surface area (Å²) in [4.78, 5) is 26.3. The molecule has 0 spiro atoms. The lowest BCUT2D eigenvalue weighted by molar-refractivity contribution is -0.123. The molecule has 5 heteroatoms. The summed E-state index contributed by atoms with van der Waals surface area (Å²) in [5.74, 6) is 0.236. The van der Waals surface area contributed by atoms with Crippen molar-refractivity contribution >= 4 is 23.2 Å². The summed E-state index contributed by atoms with van der Waals surface area (Å²) in [6.45, 7) is -0.0477. The summed E-state index contributed by atoms with van der Waals surface area (Å²) in [5, 5.41) is 3.00. The number of hydrogen-bond donors (Lipinski definition) is 1. The number of nitrogens with one attached hydrogen (secondary N) is 1. The van der Waals surface area contributed by atoms with Gasteiger partial charge in [0.2, 0.25) is 5.91 Å². The molecule has 2 aliphatic rings. The molecule has 1 N–H and O–H groups in total. The number of benzene rings is 2. The number of carbonyl (C=O) groups excluding carboxylic acids is 2. The van der Waals surface area contributed by atoms with E-state index in [-0.39, 0.29) is 25.0 Å². The van der Waals surface area contributed by atoms with Crippen molar-refractivity contribution in [2.75, 3.05) is 23.4 Å². The molecule has 2 aromatic rings. The zero-order valence-corrected chi connectivity index (χ0v) is 14.0. The summed E-state index contributed by atoms with van der Waals surface area (Å²) in [6, 6.07) is 13.3. The fraction of sp³-hybridized carbons (Fsp3) is 0.300. The van der Waals surface area contributed by atoms with Crippen molar-refractivity contribution in [2.24, 2.45) is 0 Å². The highest BCUT2D eigenvalue weighted by atomic mass is 16.5. The lowest BCUT2D eigenvalue weighted by atomic mass is 9.90. The molecule has 0 fully saturated rings. The average Bonchev–Trinajstić information content (AvgIpc) is 2.64. The number of amides is 2. The third kappa shape index (κ3) is 3.09. The molecule has 0 radical (unpaired) electrons. The van der Waals surface area contributed by atoms with Gasteiger partial charge in [0.25, 0.3) is 5.91 Å². The molecule has 5 nitrogen and oxygen atoms in total. The van der Waals surface area contributed by atoms with Gasteiger partial charge in [0.15, 0.2) is 6.61 Å². The molecule has 0 atom stereocenters. The van der Waals surface area contributed by atoms with Gasteiger partial charge in [-0.15, -0.1) is 0 Å². The highest BCUT2D eigenvalue weighted by Gasteiger charge is 2.27. The van der Waals surface area contributed by atoms with Gasteiger partial charge < -0.3 is 10.1 Å². The summed E-state index contributed by atoms with van der Waals surface area (Å²) >= 11 is 0. The second kappa shape index (κ2) is 6.59. The molecule has 25 heavy (non-hydrogen) atoms. The van der Waals surface area contributed by atoms with Crippen LogP contribution < -0.4 is 15.0 Å². The van der Waals surface area contributed by atoms with E-state index >= 15 is 0 Å². The van der Waals surface area contributed by atoms with Crippen molar-refractivity contribution in [1.82, 2.24) is 0 Å². The Hall–Kier alpha value is -2.82. The van der Waals surface area contributed by atoms with E-state index in [9.17, 15) is 9.59 Å². The molecular formula is C20H20N2O3. The van der Waals surface area contributed by atoms with E-state index in [0.717, 1.165) is 24.9 Å². The predicted molar refractivity (Wildman–Crippen MR) is 96.0 cm³/mol. The number of nitrogens with zero attached hydrogens (tertiary/aromatic N) is 1. The molecule has 4 rings (SSSR count). The van der Waals surface area contributed by atoms with Gasteiger partial charge in [-0.2, -0.15) is 0 Å². The number of rotatable bonds is 3. The van der Waals surface area contributed by atoms with E-state index in [1.165, 1.54) is 22.4 Å². The Labute approximate surface area is 146 Å². The van der Waals surface area contributed by atoms with Crippen LogP contribution in [0, 0.1) is 0 Å². The molecule has 0 aromatic heterocycles. The third-order valence-corrected chi connectivity index (χ3v) is 4.78. The molecule has 0 unspecified atom stereocenters. The summed E-state index contributed by atoms with van der Waals surface area (Å²) in [7, 11) is 0. The van der Waals surface area contributed by atoms with Crippen LogP contribution in [0.5, 0.6) is 5.75 Å². The van der Waals surface area contributed by atoms with Crippen molar-refractivity contribution in [3.63, 3.8) is 0 Å². The number of carbonyl (C=O) groups is 2. The maximum absolute atomic E-state index is 12.6. The number of ether oxygens (including phenoxy) is 1.